The standard InChI is InChI=1S/C10H18N2O3/c1-3-9(11-8(2)13)10(14)12-4-6-15-7-5-12/h9H,3-7H2,1-2H3,(H,11,13). The summed E-state index contributed by atoms with van der Waals surface area (Å²) in [6.45, 7) is 5.72. The van der Waals surface area contributed by atoms with Crippen LogP contribution in [0.25, 0.3) is 0 Å². The molecule has 0 spiro atoms. The number of ether oxygens (including phenoxy) is 1. The SMILES string of the molecule is CCC(NC(C)=O)C(=O)N1CCOCC1. The Hall–Kier alpha value is -1.10. The normalized spacial score (nSPS) is 18.4. The van der Waals surface area contributed by atoms with Crippen LogP contribution >= 0.6 is 0 Å². The fraction of sp³-hybridized carbons (Fsp3) is 0.800. The number of hydrogen-bond donors (Lipinski definition) is 1. The van der Waals surface area contributed by atoms with E-state index < -0.39 is 0 Å². The molecular formula is C10H18N2O3. The lowest BCUT2D eigenvalue weighted by Gasteiger charge is -2.30. The van der Waals surface area contributed by atoms with Crippen LogP contribution in [0.4, 0.5) is 0 Å². The molecule has 86 valence electrons. The van der Waals surface area contributed by atoms with Crippen LogP contribution < -0.4 is 5.32 Å². The monoisotopic (exact) mass is 214 g/mol. The van der Waals surface area contributed by atoms with Gasteiger partial charge in [0, 0.05) is 20.0 Å². The van der Waals surface area contributed by atoms with Gasteiger partial charge >= 0.3 is 0 Å². The maximum Gasteiger partial charge on any atom is 0.245 e. The lowest BCUT2D eigenvalue weighted by atomic mass is 10.2. The van der Waals surface area contributed by atoms with Gasteiger partial charge in [0.05, 0.1) is 13.2 Å². The van der Waals surface area contributed by atoms with Crippen LogP contribution in [0.2, 0.25) is 0 Å². The van der Waals surface area contributed by atoms with Crippen molar-refractivity contribution in [1.29, 1.82) is 0 Å². The van der Waals surface area contributed by atoms with Crippen LogP contribution in [0, 0.1) is 0 Å². The smallest absolute Gasteiger partial charge is 0.245 e. The fourth-order valence-electron chi connectivity index (χ4n) is 1.59. The van der Waals surface area contributed by atoms with Crippen LogP contribution in [0.5, 0.6) is 0 Å². The van der Waals surface area contributed by atoms with Crippen LogP contribution in [0.3, 0.4) is 0 Å². The van der Waals surface area contributed by atoms with Crippen LogP contribution in [-0.2, 0) is 14.3 Å². The predicted octanol–water partition coefficient (Wildman–Crippen LogP) is -0.240. The number of nitrogens with zero attached hydrogens (tertiary/aromatic N) is 1. The molecule has 0 aromatic heterocycles. The molecule has 1 atom stereocenters. The van der Waals surface area contributed by atoms with Crippen LogP contribution in [-0.4, -0.2) is 49.1 Å². The molecule has 5 heteroatoms. The molecule has 1 unspecified atom stereocenters. The first-order chi connectivity index (χ1) is 7.15. The van der Waals surface area contributed by atoms with Crippen molar-refractivity contribution in [3.63, 3.8) is 0 Å². The number of carbonyl (C=O) groups is 2. The van der Waals surface area contributed by atoms with Crippen molar-refractivity contribution >= 4 is 11.8 Å². The van der Waals surface area contributed by atoms with E-state index in [-0.39, 0.29) is 17.9 Å². The largest absolute Gasteiger partial charge is 0.378 e. The summed E-state index contributed by atoms with van der Waals surface area (Å²) in [5, 5.41) is 2.66. The van der Waals surface area contributed by atoms with Gasteiger partial charge in [0.1, 0.15) is 6.04 Å². The highest BCUT2D eigenvalue weighted by Crippen LogP contribution is 2.03. The highest BCUT2D eigenvalue weighted by molar-refractivity contribution is 5.86. The van der Waals surface area contributed by atoms with Gasteiger partial charge in [-0.3, -0.25) is 9.59 Å². The second-order valence-corrected chi connectivity index (χ2v) is 3.60. The molecule has 2 amide bonds. The molecule has 5 nitrogen and oxygen atoms in total. The molecule has 1 fully saturated rings. The Morgan fingerprint density at radius 1 is 1.40 bits per heavy atom. The van der Waals surface area contributed by atoms with E-state index in [9.17, 15) is 9.59 Å². The van der Waals surface area contributed by atoms with Crippen molar-refractivity contribution in [2.24, 2.45) is 0 Å². The maximum absolute atomic E-state index is 11.9. The van der Waals surface area contributed by atoms with E-state index in [1.54, 1.807) is 4.90 Å². The van der Waals surface area contributed by atoms with Crippen molar-refractivity contribution in [2.75, 3.05) is 26.3 Å². The van der Waals surface area contributed by atoms with Crippen LogP contribution in [0.1, 0.15) is 20.3 Å². The fourth-order valence-corrected chi connectivity index (χ4v) is 1.59. The number of carbonyl (C=O) groups excluding carboxylic acids is 2. The minimum absolute atomic E-state index is 0.00370. The molecule has 1 heterocycles. The average Bonchev–Trinajstić information content (AvgIpc) is 2.26. The zero-order chi connectivity index (χ0) is 11.3. The first-order valence-electron chi connectivity index (χ1n) is 5.28. The van der Waals surface area contributed by atoms with Crippen molar-refractivity contribution in [2.45, 2.75) is 26.3 Å². The summed E-state index contributed by atoms with van der Waals surface area (Å²) in [5.41, 5.74) is 0. The van der Waals surface area contributed by atoms with Crippen LogP contribution in [0.15, 0.2) is 0 Å². The van der Waals surface area contributed by atoms with E-state index in [2.05, 4.69) is 5.32 Å². The van der Waals surface area contributed by atoms with Crippen molar-refractivity contribution in [1.82, 2.24) is 10.2 Å². The average molecular weight is 214 g/mol. The molecule has 0 saturated carbocycles. The quantitative estimate of drug-likeness (QED) is 0.705. The number of hydrogen-bond acceptors (Lipinski definition) is 3. The molecule has 0 aliphatic carbocycles. The zero-order valence-corrected chi connectivity index (χ0v) is 9.28. The molecule has 15 heavy (non-hydrogen) atoms. The second-order valence-electron chi connectivity index (χ2n) is 3.60. The first kappa shape index (κ1) is 12.0. The summed E-state index contributed by atoms with van der Waals surface area (Å²) in [6, 6.07) is -0.388. The molecule has 1 N–H and O–H groups in total. The molecular weight excluding hydrogens is 196 g/mol. The highest BCUT2D eigenvalue weighted by atomic mass is 16.5. The zero-order valence-electron chi connectivity index (χ0n) is 9.28. The van der Waals surface area contributed by atoms with Gasteiger partial charge < -0.3 is 15.0 Å². The molecule has 0 radical (unpaired) electrons. The lowest BCUT2D eigenvalue weighted by Crippen LogP contribution is -2.51. The van der Waals surface area contributed by atoms with Gasteiger partial charge in [0.15, 0.2) is 0 Å². The van der Waals surface area contributed by atoms with Gasteiger partial charge in [-0.05, 0) is 6.42 Å². The van der Waals surface area contributed by atoms with Gasteiger partial charge in [-0.25, -0.2) is 0 Å². The van der Waals surface area contributed by atoms with E-state index >= 15 is 0 Å². The molecule has 1 saturated heterocycles. The summed E-state index contributed by atoms with van der Waals surface area (Å²) in [7, 11) is 0. The summed E-state index contributed by atoms with van der Waals surface area (Å²) in [5.74, 6) is -0.167. The number of amides is 2. The summed E-state index contributed by atoms with van der Waals surface area (Å²) >= 11 is 0. The van der Waals surface area contributed by atoms with E-state index in [0.29, 0.717) is 32.7 Å². The molecule has 1 aliphatic rings. The Bertz CT molecular complexity index is 237. The Morgan fingerprint density at radius 2 is 2.00 bits per heavy atom. The van der Waals surface area contributed by atoms with Gasteiger partial charge in [-0.1, -0.05) is 6.92 Å². The molecule has 0 aromatic rings. The molecule has 0 aromatic carbocycles. The Balaban J connectivity index is 2.50. The number of nitrogens with one attached hydrogen (secondary N) is 1. The molecule has 1 aliphatic heterocycles. The Kier molecular flexibility index (Phi) is 4.55. The first-order valence-corrected chi connectivity index (χ1v) is 5.28. The van der Waals surface area contributed by atoms with Crippen molar-refractivity contribution < 1.29 is 14.3 Å². The third-order valence-electron chi connectivity index (χ3n) is 2.41. The Morgan fingerprint density at radius 3 is 2.47 bits per heavy atom. The lowest BCUT2D eigenvalue weighted by molar-refractivity contribution is -0.139. The van der Waals surface area contributed by atoms with E-state index in [4.69, 9.17) is 4.74 Å². The summed E-state index contributed by atoms with van der Waals surface area (Å²) < 4.78 is 5.16. The van der Waals surface area contributed by atoms with Gasteiger partial charge in [-0.2, -0.15) is 0 Å². The molecule has 0 bridgehead atoms. The van der Waals surface area contributed by atoms with Crippen molar-refractivity contribution in [3.8, 4) is 0 Å². The molecule has 1 rings (SSSR count). The van der Waals surface area contributed by atoms with Gasteiger partial charge in [0.25, 0.3) is 0 Å². The second kappa shape index (κ2) is 5.70. The number of morpholine rings is 1. The van der Waals surface area contributed by atoms with Gasteiger partial charge in [-0.15, -0.1) is 0 Å². The summed E-state index contributed by atoms with van der Waals surface area (Å²) in [6.07, 6.45) is 0.621. The summed E-state index contributed by atoms with van der Waals surface area (Å²) in [4.78, 5) is 24.6. The minimum Gasteiger partial charge on any atom is -0.378 e. The number of rotatable bonds is 3. The van der Waals surface area contributed by atoms with E-state index in [1.807, 2.05) is 6.92 Å². The highest BCUT2D eigenvalue weighted by Gasteiger charge is 2.24. The van der Waals surface area contributed by atoms with Gasteiger partial charge in [0.2, 0.25) is 11.8 Å². The van der Waals surface area contributed by atoms with Crippen molar-refractivity contribution in [3.05, 3.63) is 0 Å². The maximum atomic E-state index is 11.9. The Labute approximate surface area is 89.8 Å². The minimum atomic E-state index is -0.388. The topological polar surface area (TPSA) is 58.6 Å². The third-order valence-corrected chi connectivity index (χ3v) is 2.41. The van der Waals surface area contributed by atoms with E-state index in [0.717, 1.165) is 0 Å². The third kappa shape index (κ3) is 3.51. The predicted molar refractivity (Wildman–Crippen MR) is 55.3 cm³/mol. The van der Waals surface area contributed by atoms with E-state index in [1.165, 1.54) is 6.92 Å².